The van der Waals surface area contributed by atoms with Crippen LogP contribution in [0.15, 0.2) is 47.0 Å². The highest BCUT2D eigenvalue weighted by Crippen LogP contribution is 2.34. The van der Waals surface area contributed by atoms with E-state index in [-0.39, 0.29) is 11.7 Å². The van der Waals surface area contributed by atoms with Crippen LogP contribution in [0, 0.1) is 6.92 Å². The quantitative estimate of drug-likeness (QED) is 0.540. The maximum atomic E-state index is 13.1. The average Bonchev–Trinajstić information content (AvgIpc) is 3.14. The molecule has 9 heteroatoms. The second-order valence-electron chi connectivity index (χ2n) is 7.73. The Hall–Kier alpha value is -2.84. The fourth-order valence-electron chi connectivity index (χ4n) is 3.97. The van der Waals surface area contributed by atoms with Crippen LogP contribution in [0.25, 0.3) is 11.3 Å². The summed E-state index contributed by atoms with van der Waals surface area (Å²) >= 11 is 6.29. The molecule has 1 aliphatic heterocycles. The smallest absolute Gasteiger partial charge is 0.261 e. The minimum absolute atomic E-state index is 0.114. The number of carbonyl (C=O) groups excluding carboxylic acids is 1. The molecule has 32 heavy (non-hydrogen) atoms. The van der Waals surface area contributed by atoms with Gasteiger partial charge in [0, 0.05) is 17.8 Å². The van der Waals surface area contributed by atoms with Crippen LogP contribution < -0.4 is 9.62 Å². The summed E-state index contributed by atoms with van der Waals surface area (Å²) in [5.74, 6) is 0.125. The van der Waals surface area contributed by atoms with Gasteiger partial charge in [0.1, 0.15) is 17.0 Å². The van der Waals surface area contributed by atoms with Crippen LogP contribution in [0.4, 0.5) is 11.4 Å². The van der Waals surface area contributed by atoms with E-state index in [9.17, 15) is 13.2 Å². The number of rotatable bonds is 6. The number of anilines is 2. The van der Waals surface area contributed by atoms with Gasteiger partial charge < -0.3 is 9.84 Å². The number of aromatic nitrogens is 1. The molecule has 7 nitrogen and oxygen atoms in total. The van der Waals surface area contributed by atoms with Crippen LogP contribution in [-0.4, -0.2) is 31.8 Å². The van der Waals surface area contributed by atoms with Crippen LogP contribution in [0.5, 0.6) is 0 Å². The van der Waals surface area contributed by atoms with Gasteiger partial charge in [-0.15, -0.1) is 0 Å². The summed E-state index contributed by atoms with van der Waals surface area (Å²) in [4.78, 5) is 13.1. The molecule has 0 aliphatic carbocycles. The fraction of sp³-hybridized carbons (Fsp3) is 0.304. The first kappa shape index (κ1) is 22.4. The molecule has 4 rings (SSSR count). The fourth-order valence-corrected chi connectivity index (χ4v) is 5.81. The molecule has 0 radical (unpaired) electrons. The highest BCUT2D eigenvalue weighted by atomic mass is 35.5. The molecule has 0 unspecified atom stereocenters. The van der Waals surface area contributed by atoms with Crippen molar-refractivity contribution in [2.24, 2.45) is 0 Å². The number of hydrogen-bond acceptors (Lipinski definition) is 5. The minimum Gasteiger partial charge on any atom is -0.360 e. The molecule has 0 atom stereocenters. The first-order chi connectivity index (χ1) is 15.3. The second-order valence-corrected chi connectivity index (χ2v) is 10.2. The monoisotopic (exact) mass is 473 g/mol. The zero-order chi connectivity index (χ0) is 22.9. The van der Waals surface area contributed by atoms with Gasteiger partial charge in [0.05, 0.1) is 16.5 Å². The van der Waals surface area contributed by atoms with Crippen molar-refractivity contribution < 1.29 is 17.7 Å². The van der Waals surface area contributed by atoms with Gasteiger partial charge in [0.25, 0.3) is 5.91 Å². The van der Waals surface area contributed by atoms with E-state index >= 15 is 0 Å². The van der Waals surface area contributed by atoms with Gasteiger partial charge in [-0.3, -0.25) is 9.10 Å². The third kappa shape index (κ3) is 4.25. The van der Waals surface area contributed by atoms with Crippen molar-refractivity contribution in [3.63, 3.8) is 0 Å². The highest BCUT2D eigenvalue weighted by Gasteiger charge is 2.28. The Morgan fingerprint density at radius 1 is 1.25 bits per heavy atom. The van der Waals surface area contributed by atoms with E-state index in [1.807, 2.05) is 19.1 Å². The summed E-state index contributed by atoms with van der Waals surface area (Å²) in [6, 6.07) is 12.4. The molecule has 0 spiro atoms. The van der Waals surface area contributed by atoms with Gasteiger partial charge in [-0.25, -0.2) is 8.42 Å². The number of amides is 1. The molecular formula is C23H24ClN3O4S. The van der Waals surface area contributed by atoms with Crippen LogP contribution in [0.2, 0.25) is 5.02 Å². The average molecular weight is 474 g/mol. The molecule has 0 fully saturated rings. The van der Waals surface area contributed by atoms with E-state index < -0.39 is 10.0 Å². The Balaban J connectivity index is 1.63. The summed E-state index contributed by atoms with van der Waals surface area (Å²) in [7, 11) is -3.35. The van der Waals surface area contributed by atoms with Crippen molar-refractivity contribution in [1.29, 1.82) is 0 Å². The van der Waals surface area contributed by atoms with Crippen molar-refractivity contribution >= 4 is 38.9 Å². The molecule has 3 aromatic rings. The number of hydrogen-bond donors (Lipinski definition) is 1. The maximum absolute atomic E-state index is 13.1. The van der Waals surface area contributed by atoms with Crippen molar-refractivity contribution in [3.8, 4) is 11.3 Å². The molecule has 168 valence electrons. The topological polar surface area (TPSA) is 92.5 Å². The van der Waals surface area contributed by atoms with Crippen molar-refractivity contribution in [2.75, 3.05) is 21.9 Å². The van der Waals surface area contributed by atoms with E-state index in [1.54, 1.807) is 37.3 Å². The van der Waals surface area contributed by atoms with Gasteiger partial charge in [0.2, 0.25) is 10.0 Å². The lowest BCUT2D eigenvalue weighted by Crippen LogP contribution is -2.37. The molecule has 1 amide bonds. The van der Waals surface area contributed by atoms with E-state index in [4.69, 9.17) is 16.1 Å². The minimum atomic E-state index is -3.35. The summed E-state index contributed by atoms with van der Waals surface area (Å²) in [5.41, 5.74) is 3.44. The van der Waals surface area contributed by atoms with Gasteiger partial charge >= 0.3 is 0 Å². The molecule has 0 saturated heterocycles. The predicted octanol–water partition coefficient (Wildman–Crippen LogP) is 5.05. The number of benzene rings is 2. The number of sulfonamides is 1. The van der Waals surface area contributed by atoms with Gasteiger partial charge in [0.15, 0.2) is 0 Å². The molecule has 2 aromatic carbocycles. The van der Waals surface area contributed by atoms with Crippen LogP contribution in [-0.2, 0) is 16.4 Å². The van der Waals surface area contributed by atoms with E-state index in [0.717, 1.165) is 18.4 Å². The number of aryl methyl sites for hydroxylation is 2. The lowest BCUT2D eigenvalue weighted by molar-refractivity contribution is 0.102. The SMILES string of the molecule is CCCS(=O)(=O)N1CCCc2cc(NC(=O)c3c(-c4ccccc4Cl)noc3C)ccc21. The molecule has 0 saturated carbocycles. The largest absolute Gasteiger partial charge is 0.360 e. The summed E-state index contributed by atoms with van der Waals surface area (Å²) < 4.78 is 32.0. The van der Waals surface area contributed by atoms with Crippen LogP contribution in [0.3, 0.4) is 0 Å². The van der Waals surface area contributed by atoms with E-state index in [1.165, 1.54) is 4.31 Å². The standard InChI is InChI=1S/C23H24ClN3O4S/c1-3-13-32(29,30)27-12-6-7-16-14-17(10-11-20(16)27)25-23(28)21-15(2)31-26-22(21)18-8-4-5-9-19(18)24/h4-5,8-11,14H,3,6-7,12-13H2,1-2H3,(H,25,28). The van der Waals surface area contributed by atoms with Crippen molar-refractivity contribution in [1.82, 2.24) is 5.16 Å². The molecule has 0 bridgehead atoms. The lowest BCUT2D eigenvalue weighted by atomic mass is 10.0. The third-order valence-corrected chi connectivity index (χ3v) is 7.73. The number of halogens is 1. The van der Waals surface area contributed by atoms with E-state index in [2.05, 4.69) is 10.5 Å². The third-order valence-electron chi connectivity index (χ3n) is 5.43. The normalized spacial score (nSPS) is 13.7. The zero-order valence-electron chi connectivity index (χ0n) is 17.9. The lowest BCUT2D eigenvalue weighted by Gasteiger charge is -2.30. The molecule has 1 N–H and O–H groups in total. The molecule has 1 aromatic heterocycles. The Morgan fingerprint density at radius 3 is 2.78 bits per heavy atom. The van der Waals surface area contributed by atoms with Crippen LogP contribution in [0.1, 0.15) is 41.4 Å². The summed E-state index contributed by atoms with van der Waals surface area (Å²) in [5, 5.41) is 7.40. The number of nitrogens with one attached hydrogen (secondary N) is 1. The van der Waals surface area contributed by atoms with Gasteiger partial charge in [-0.2, -0.15) is 0 Å². The van der Waals surface area contributed by atoms with Crippen molar-refractivity contribution in [3.05, 3.63) is 64.4 Å². The second kappa shape index (κ2) is 8.96. The van der Waals surface area contributed by atoms with Gasteiger partial charge in [-0.05, 0) is 56.0 Å². The molecule has 1 aliphatic rings. The van der Waals surface area contributed by atoms with E-state index in [0.29, 0.717) is 51.9 Å². The Labute approximate surface area is 192 Å². The number of fused-ring (bicyclic) bond motifs is 1. The zero-order valence-corrected chi connectivity index (χ0v) is 19.5. The summed E-state index contributed by atoms with van der Waals surface area (Å²) in [6.07, 6.45) is 2.04. The first-order valence-electron chi connectivity index (χ1n) is 10.5. The number of nitrogens with zero attached hydrogens (tertiary/aromatic N) is 2. The van der Waals surface area contributed by atoms with Crippen LogP contribution >= 0.6 is 11.6 Å². The number of carbonyl (C=O) groups is 1. The highest BCUT2D eigenvalue weighted by molar-refractivity contribution is 7.92. The predicted molar refractivity (Wildman–Crippen MR) is 126 cm³/mol. The summed E-state index contributed by atoms with van der Waals surface area (Å²) in [6.45, 7) is 4.00. The maximum Gasteiger partial charge on any atom is 0.261 e. The van der Waals surface area contributed by atoms with Gasteiger partial charge in [-0.1, -0.05) is 41.9 Å². The molecular weight excluding hydrogens is 450 g/mol. The Morgan fingerprint density at radius 2 is 2.03 bits per heavy atom. The Bertz CT molecular complexity index is 1270. The Kier molecular flexibility index (Phi) is 6.26. The van der Waals surface area contributed by atoms with Crippen molar-refractivity contribution in [2.45, 2.75) is 33.1 Å². The first-order valence-corrected chi connectivity index (χ1v) is 12.5. The molecule has 2 heterocycles.